The first kappa shape index (κ1) is 19.0. The van der Waals surface area contributed by atoms with E-state index in [1.807, 2.05) is 47.4 Å². The molecule has 26 heavy (non-hydrogen) atoms. The van der Waals surface area contributed by atoms with Crippen LogP contribution in [0.3, 0.4) is 0 Å². The van der Waals surface area contributed by atoms with Crippen LogP contribution in [0.4, 0.5) is 5.69 Å². The molecule has 3 rings (SSSR count). The fourth-order valence-corrected chi connectivity index (χ4v) is 3.52. The van der Waals surface area contributed by atoms with Crippen molar-refractivity contribution < 1.29 is 4.79 Å². The van der Waals surface area contributed by atoms with Gasteiger partial charge in [-0.3, -0.25) is 4.79 Å². The second kappa shape index (κ2) is 9.26. The maximum Gasteiger partial charge on any atom is 0.236 e. The number of benzene rings is 2. The highest BCUT2D eigenvalue weighted by Gasteiger charge is 2.20. The smallest absolute Gasteiger partial charge is 0.236 e. The molecular weight excluding hydrogens is 369 g/mol. The van der Waals surface area contributed by atoms with E-state index >= 15 is 0 Å². The summed E-state index contributed by atoms with van der Waals surface area (Å²) >= 11 is 12.0. The number of nitrogens with one attached hydrogen (secondary N) is 1. The lowest BCUT2D eigenvalue weighted by Crippen LogP contribution is -2.51. The number of rotatable bonds is 6. The molecule has 1 saturated heterocycles. The zero-order chi connectivity index (χ0) is 18.4. The van der Waals surface area contributed by atoms with Crippen molar-refractivity contribution in [2.24, 2.45) is 0 Å². The number of hydrogen-bond acceptors (Lipinski definition) is 3. The van der Waals surface area contributed by atoms with Crippen molar-refractivity contribution in [3.8, 4) is 0 Å². The third kappa shape index (κ3) is 5.37. The highest BCUT2D eigenvalue weighted by Crippen LogP contribution is 2.20. The molecule has 2 aromatic rings. The molecule has 0 unspecified atom stereocenters. The van der Waals surface area contributed by atoms with E-state index in [2.05, 4.69) is 16.3 Å². The Morgan fingerprint density at radius 3 is 2.35 bits per heavy atom. The Labute approximate surface area is 164 Å². The minimum Gasteiger partial charge on any atom is -0.368 e. The van der Waals surface area contributed by atoms with E-state index in [0.29, 0.717) is 6.54 Å². The standard InChI is InChI=1S/C20H23Cl2N3O/c21-17-4-1-3-16(13-17)7-8-23-15-20(26)25-11-9-24(10-12-25)19-6-2-5-18(22)14-19/h1-6,13-14,23H,7-12,15H2. The van der Waals surface area contributed by atoms with Crippen LogP contribution in [0.25, 0.3) is 0 Å². The molecule has 4 nitrogen and oxygen atoms in total. The van der Waals surface area contributed by atoms with E-state index in [0.717, 1.165) is 54.9 Å². The van der Waals surface area contributed by atoms with Gasteiger partial charge in [-0.2, -0.15) is 0 Å². The van der Waals surface area contributed by atoms with Gasteiger partial charge in [0.25, 0.3) is 0 Å². The summed E-state index contributed by atoms with van der Waals surface area (Å²) in [7, 11) is 0. The van der Waals surface area contributed by atoms with Gasteiger partial charge in [0, 0.05) is 41.9 Å². The highest BCUT2D eigenvalue weighted by atomic mass is 35.5. The molecule has 1 aliphatic heterocycles. The third-order valence-electron chi connectivity index (χ3n) is 4.56. The van der Waals surface area contributed by atoms with Crippen molar-refractivity contribution >= 4 is 34.8 Å². The lowest BCUT2D eigenvalue weighted by Gasteiger charge is -2.36. The fourth-order valence-electron chi connectivity index (χ4n) is 3.12. The van der Waals surface area contributed by atoms with Crippen LogP contribution in [0.1, 0.15) is 5.56 Å². The molecule has 1 heterocycles. The van der Waals surface area contributed by atoms with E-state index in [1.54, 1.807) is 0 Å². The zero-order valence-electron chi connectivity index (χ0n) is 14.6. The fraction of sp³-hybridized carbons (Fsp3) is 0.350. The molecular formula is C20H23Cl2N3O. The summed E-state index contributed by atoms with van der Waals surface area (Å²) in [5, 5.41) is 4.72. The van der Waals surface area contributed by atoms with E-state index in [9.17, 15) is 4.79 Å². The normalized spacial score (nSPS) is 14.5. The molecule has 1 aliphatic rings. The average molecular weight is 392 g/mol. The van der Waals surface area contributed by atoms with Crippen molar-refractivity contribution in [1.82, 2.24) is 10.2 Å². The van der Waals surface area contributed by atoms with Crippen molar-refractivity contribution in [3.05, 3.63) is 64.1 Å². The maximum absolute atomic E-state index is 12.4. The summed E-state index contributed by atoms with van der Waals surface area (Å²) in [4.78, 5) is 16.6. The van der Waals surface area contributed by atoms with Gasteiger partial charge in [0.2, 0.25) is 5.91 Å². The van der Waals surface area contributed by atoms with Crippen LogP contribution in [0.5, 0.6) is 0 Å². The Kier molecular flexibility index (Phi) is 6.78. The topological polar surface area (TPSA) is 35.6 Å². The Morgan fingerprint density at radius 1 is 0.962 bits per heavy atom. The van der Waals surface area contributed by atoms with Gasteiger partial charge >= 0.3 is 0 Å². The number of piperazine rings is 1. The van der Waals surface area contributed by atoms with Gasteiger partial charge in [-0.05, 0) is 48.9 Å². The van der Waals surface area contributed by atoms with E-state index in [4.69, 9.17) is 23.2 Å². The Bertz CT molecular complexity index is 745. The molecule has 2 aromatic carbocycles. The highest BCUT2D eigenvalue weighted by molar-refractivity contribution is 6.31. The van der Waals surface area contributed by atoms with Crippen LogP contribution < -0.4 is 10.2 Å². The van der Waals surface area contributed by atoms with Crippen molar-refractivity contribution in [2.45, 2.75) is 6.42 Å². The number of halogens is 2. The summed E-state index contributed by atoms with van der Waals surface area (Å²) in [6, 6.07) is 15.7. The van der Waals surface area contributed by atoms with Gasteiger partial charge in [0.1, 0.15) is 0 Å². The second-order valence-electron chi connectivity index (χ2n) is 6.40. The van der Waals surface area contributed by atoms with Gasteiger partial charge in [-0.1, -0.05) is 41.4 Å². The van der Waals surface area contributed by atoms with Crippen molar-refractivity contribution in [3.63, 3.8) is 0 Å². The van der Waals surface area contributed by atoms with Crippen molar-refractivity contribution in [1.29, 1.82) is 0 Å². The number of nitrogens with zero attached hydrogens (tertiary/aromatic N) is 2. The summed E-state index contributed by atoms with van der Waals surface area (Å²) in [5.74, 6) is 0.154. The summed E-state index contributed by atoms with van der Waals surface area (Å²) in [6.45, 7) is 4.26. The number of anilines is 1. The first-order chi connectivity index (χ1) is 12.6. The molecule has 1 fully saturated rings. The zero-order valence-corrected chi connectivity index (χ0v) is 16.1. The van der Waals surface area contributed by atoms with Gasteiger partial charge in [0.05, 0.1) is 6.54 Å². The first-order valence-electron chi connectivity index (χ1n) is 8.85. The van der Waals surface area contributed by atoms with Gasteiger partial charge < -0.3 is 15.1 Å². The largest absolute Gasteiger partial charge is 0.368 e. The van der Waals surface area contributed by atoms with Crippen molar-refractivity contribution in [2.75, 3.05) is 44.2 Å². The second-order valence-corrected chi connectivity index (χ2v) is 7.28. The first-order valence-corrected chi connectivity index (χ1v) is 9.61. The van der Waals surface area contributed by atoms with Gasteiger partial charge in [0.15, 0.2) is 0 Å². The summed E-state index contributed by atoms with van der Waals surface area (Å²) in [6.07, 6.45) is 0.858. The molecule has 0 spiro atoms. The molecule has 0 aliphatic carbocycles. The number of carbonyl (C=O) groups is 1. The molecule has 1 N–H and O–H groups in total. The lowest BCUT2D eigenvalue weighted by molar-refractivity contribution is -0.130. The molecule has 138 valence electrons. The minimum absolute atomic E-state index is 0.154. The SMILES string of the molecule is O=C(CNCCc1cccc(Cl)c1)N1CCN(c2cccc(Cl)c2)CC1. The molecule has 0 atom stereocenters. The maximum atomic E-state index is 12.4. The Balaban J connectivity index is 1.38. The third-order valence-corrected chi connectivity index (χ3v) is 5.03. The Hall–Kier alpha value is -1.75. The molecule has 0 saturated carbocycles. The summed E-state index contributed by atoms with van der Waals surface area (Å²) in [5.41, 5.74) is 2.29. The molecule has 0 radical (unpaired) electrons. The minimum atomic E-state index is 0.154. The van der Waals surface area contributed by atoms with E-state index in [-0.39, 0.29) is 5.91 Å². The van der Waals surface area contributed by atoms with Crippen LogP contribution in [-0.2, 0) is 11.2 Å². The molecule has 0 bridgehead atoms. The van der Waals surface area contributed by atoms with Crippen LogP contribution in [0, 0.1) is 0 Å². The number of carbonyl (C=O) groups excluding carboxylic acids is 1. The average Bonchev–Trinajstić information content (AvgIpc) is 2.65. The van der Waals surface area contributed by atoms with Crippen LogP contribution >= 0.6 is 23.2 Å². The Morgan fingerprint density at radius 2 is 1.65 bits per heavy atom. The van der Waals surface area contributed by atoms with Crippen LogP contribution in [0.2, 0.25) is 10.0 Å². The molecule has 0 aromatic heterocycles. The van der Waals surface area contributed by atoms with Crippen LogP contribution in [-0.4, -0.2) is 50.1 Å². The van der Waals surface area contributed by atoms with E-state index in [1.165, 1.54) is 5.56 Å². The predicted molar refractivity (Wildman–Crippen MR) is 108 cm³/mol. The van der Waals surface area contributed by atoms with Gasteiger partial charge in [-0.25, -0.2) is 0 Å². The van der Waals surface area contributed by atoms with E-state index < -0.39 is 0 Å². The quantitative estimate of drug-likeness (QED) is 0.765. The molecule has 6 heteroatoms. The number of amides is 1. The lowest BCUT2D eigenvalue weighted by atomic mass is 10.1. The van der Waals surface area contributed by atoms with Crippen LogP contribution in [0.15, 0.2) is 48.5 Å². The monoisotopic (exact) mass is 391 g/mol. The predicted octanol–water partition coefficient (Wildman–Crippen LogP) is 3.47. The van der Waals surface area contributed by atoms with Gasteiger partial charge in [-0.15, -0.1) is 0 Å². The summed E-state index contributed by atoms with van der Waals surface area (Å²) < 4.78 is 0. The molecule has 1 amide bonds. The number of hydrogen-bond donors (Lipinski definition) is 1.